The molecule has 0 amide bonds. The van der Waals surface area contributed by atoms with Crippen LogP contribution in [0.1, 0.15) is 55.0 Å². The molecule has 30 heavy (non-hydrogen) atoms. The van der Waals surface area contributed by atoms with Crippen molar-refractivity contribution in [3.05, 3.63) is 108 Å². The molecule has 1 aliphatic heterocycles. The predicted octanol–water partition coefficient (Wildman–Crippen LogP) is 4.64. The number of quaternary nitrogens is 1. The van der Waals surface area contributed by atoms with Gasteiger partial charge in [0.1, 0.15) is 17.7 Å². The van der Waals surface area contributed by atoms with Crippen molar-refractivity contribution in [3.8, 4) is 11.8 Å². The summed E-state index contributed by atoms with van der Waals surface area (Å²) in [6.07, 6.45) is 2.59. The Labute approximate surface area is 180 Å². The van der Waals surface area contributed by atoms with Gasteiger partial charge < -0.3 is 10.4 Å². The zero-order valence-corrected chi connectivity index (χ0v) is 17.5. The molecule has 0 aromatic heterocycles. The largest absolute Gasteiger partial charge is 0.377 e. The average molecular weight is 397 g/mol. The van der Waals surface area contributed by atoms with Crippen LogP contribution in [0.2, 0.25) is 0 Å². The smallest absolute Gasteiger partial charge is 0.140 e. The minimum Gasteiger partial charge on any atom is -0.377 e. The lowest BCUT2D eigenvalue weighted by Gasteiger charge is -2.43. The third kappa shape index (κ3) is 4.49. The molecule has 3 N–H and O–H groups in total. The Morgan fingerprint density at radius 3 is 2.03 bits per heavy atom. The second-order valence-electron chi connectivity index (χ2n) is 8.29. The highest BCUT2D eigenvalue weighted by Crippen LogP contribution is 2.41. The predicted molar refractivity (Wildman–Crippen MR) is 122 cm³/mol. The van der Waals surface area contributed by atoms with Gasteiger partial charge in [0.2, 0.25) is 0 Å². The zero-order chi connectivity index (χ0) is 20.8. The van der Waals surface area contributed by atoms with Gasteiger partial charge in [0.15, 0.2) is 0 Å². The van der Waals surface area contributed by atoms with Crippen LogP contribution in [0.3, 0.4) is 0 Å². The molecule has 3 aromatic carbocycles. The van der Waals surface area contributed by atoms with Crippen molar-refractivity contribution in [1.82, 2.24) is 0 Å². The van der Waals surface area contributed by atoms with E-state index in [1.54, 1.807) is 0 Å². The second-order valence-corrected chi connectivity index (χ2v) is 8.29. The summed E-state index contributed by atoms with van der Waals surface area (Å²) >= 11 is 0. The summed E-state index contributed by atoms with van der Waals surface area (Å²) in [4.78, 5) is 0. The van der Waals surface area contributed by atoms with Gasteiger partial charge in [0, 0.05) is 23.1 Å². The maximum atomic E-state index is 12.0. The van der Waals surface area contributed by atoms with Gasteiger partial charge in [-0.1, -0.05) is 104 Å². The number of hydrogen-bond acceptors (Lipinski definition) is 1. The van der Waals surface area contributed by atoms with Gasteiger partial charge in [-0.15, -0.1) is 0 Å². The monoisotopic (exact) mass is 396 g/mol. The van der Waals surface area contributed by atoms with Crippen LogP contribution >= 0.6 is 0 Å². The molecule has 3 aromatic rings. The van der Waals surface area contributed by atoms with Crippen molar-refractivity contribution in [2.24, 2.45) is 5.92 Å². The zero-order valence-electron chi connectivity index (χ0n) is 17.5. The normalized spacial score (nSPS) is 25.9. The highest BCUT2D eigenvalue weighted by molar-refractivity contribution is 5.37. The lowest BCUT2D eigenvalue weighted by atomic mass is 9.69. The fraction of sp³-hybridized carbons (Fsp3) is 0.286. The van der Waals surface area contributed by atoms with Crippen LogP contribution in [0.25, 0.3) is 0 Å². The first-order chi connectivity index (χ1) is 14.7. The van der Waals surface area contributed by atoms with Crippen LogP contribution in [-0.2, 0) is 0 Å². The van der Waals surface area contributed by atoms with E-state index >= 15 is 0 Å². The maximum absolute atomic E-state index is 12.0. The van der Waals surface area contributed by atoms with Gasteiger partial charge in [-0.3, -0.25) is 0 Å². The van der Waals surface area contributed by atoms with Gasteiger partial charge in [-0.2, -0.15) is 0 Å². The number of aliphatic hydroxyl groups is 1. The number of rotatable bonds is 4. The van der Waals surface area contributed by atoms with Gasteiger partial charge in [0.25, 0.3) is 0 Å². The molecule has 0 bridgehead atoms. The van der Waals surface area contributed by atoms with Gasteiger partial charge in [0.05, 0.1) is 5.92 Å². The molecule has 0 spiro atoms. The first-order valence-electron chi connectivity index (χ1n) is 10.9. The molecule has 1 fully saturated rings. The third-order valence-electron chi connectivity index (χ3n) is 6.23. The van der Waals surface area contributed by atoms with E-state index in [0.29, 0.717) is 6.42 Å². The molecule has 0 unspecified atom stereocenters. The van der Waals surface area contributed by atoms with Gasteiger partial charge in [-0.25, -0.2) is 0 Å². The Balaban J connectivity index is 1.77. The minimum absolute atomic E-state index is 0.0704. The van der Waals surface area contributed by atoms with Crippen molar-refractivity contribution in [2.45, 2.75) is 43.9 Å². The topological polar surface area (TPSA) is 36.8 Å². The number of nitrogens with two attached hydrogens (primary N) is 1. The summed E-state index contributed by atoms with van der Waals surface area (Å²) in [6, 6.07) is 31.4. The Morgan fingerprint density at radius 2 is 1.43 bits per heavy atom. The molecule has 0 aliphatic carbocycles. The summed E-state index contributed by atoms with van der Waals surface area (Å²) in [7, 11) is 0. The first kappa shape index (κ1) is 20.4. The van der Waals surface area contributed by atoms with Gasteiger partial charge >= 0.3 is 0 Å². The number of benzene rings is 3. The standard InChI is InChI=1S/C28H29NO/c1-2-12-25-27(24-17-10-5-11-18-24)29-26(23-15-8-4-9-16-23)21-28(25,30)20-19-22-13-6-3-7-14-22/h3-11,13-18,25-27,29-30H,2,12,21H2,1H3/p+1/t25-,26-,27-,28+/m1/s1. The fourth-order valence-corrected chi connectivity index (χ4v) is 4.76. The van der Waals surface area contributed by atoms with E-state index in [-0.39, 0.29) is 18.0 Å². The SMILES string of the molecule is CCC[C@@H]1[C@@H](c2ccccc2)[NH2+][C@@H](c2ccccc2)C[C@@]1(O)C#Cc1ccccc1. The van der Waals surface area contributed by atoms with Crippen LogP contribution in [0, 0.1) is 17.8 Å². The van der Waals surface area contributed by atoms with E-state index in [1.165, 1.54) is 11.1 Å². The van der Waals surface area contributed by atoms with Crippen molar-refractivity contribution in [2.75, 3.05) is 0 Å². The van der Waals surface area contributed by atoms with E-state index in [0.717, 1.165) is 18.4 Å². The number of hydrogen-bond donors (Lipinski definition) is 2. The molecule has 2 heteroatoms. The summed E-state index contributed by atoms with van der Waals surface area (Å²) in [6.45, 7) is 2.19. The lowest BCUT2D eigenvalue weighted by molar-refractivity contribution is -0.755. The Morgan fingerprint density at radius 1 is 0.867 bits per heavy atom. The molecule has 0 radical (unpaired) electrons. The Hall–Kier alpha value is -2.86. The minimum atomic E-state index is -1.04. The highest BCUT2D eigenvalue weighted by atomic mass is 16.3. The van der Waals surface area contributed by atoms with E-state index in [2.05, 4.69) is 78.7 Å². The number of piperidine rings is 1. The molecule has 1 aliphatic rings. The van der Waals surface area contributed by atoms with Crippen LogP contribution in [0.4, 0.5) is 0 Å². The molecule has 1 heterocycles. The average Bonchev–Trinajstić information content (AvgIpc) is 2.81. The lowest BCUT2D eigenvalue weighted by Crippen LogP contribution is -2.91. The fourth-order valence-electron chi connectivity index (χ4n) is 4.76. The Kier molecular flexibility index (Phi) is 6.33. The van der Waals surface area contributed by atoms with Crippen molar-refractivity contribution in [1.29, 1.82) is 0 Å². The summed E-state index contributed by atoms with van der Waals surface area (Å²) in [5.41, 5.74) is 2.41. The molecule has 2 nitrogen and oxygen atoms in total. The molecule has 4 atom stereocenters. The molecule has 1 saturated heterocycles. The Bertz CT molecular complexity index is 990. The summed E-state index contributed by atoms with van der Waals surface area (Å²) < 4.78 is 0. The molecule has 0 saturated carbocycles. The van der Waals surface area contributed by atoms with Crippen LogP contribution in [0.5, 0.6) is 0 Å². The van der Waals surface area contributed by atoms with Crippen molar-refractivity contribution >= 4 is 0 Å². The van der Waals surface area contributed by atoms with Gasteiger partial charge in [-0.05, 0) is 18.6 Å². The van der Waals surface area contributed by atoms with Crippen LogP contribution in [0.15, 0.2) is 91.0 Å². The van der Waals surface area contributed by atoms with E-state index in [4.69, 9.17) is 0 Å². The maximum Gasteiger partial charge on any atom is 0.140 e. The molecule has 152 valence electrons. The third-order valence-corrected chi connectivity index (χ3v) is 6.23. The van der Waals surface area contributed by atoms with E-state index in [1.807, 2.05) is 36.4 Å². The summed E-state index contributed by atoms with van der Waals surface area (Å²) in [5.74, 6) is 6.68. The second kappa shape index (κ2) is 9.30. The molecule has 4 rings (SSSR count). The highest BCUT2D eigenvalue weighted by Gasteiger charge is 2.50. The van der Waals surface area contributed by atoms with E-state index < -0.39 is 5.60 Å². The molecular formula is C28H30NO+. The first-order valence-corrected chi connectivity index (χ1v) is 10.9. The summed E-state index contributed by atoms with van der Waals surface area (Å²) in [5, 5.41) is 14.4. The van der Waals surface area contributed by atoms with E-state index in [9.17, 15) is 5.11 Å². The van der Waals surface area contributed by atoms with Crippen molar-refractivity contribution < 1.29 is 10.4 Å². The van der Waals surface area contributed by atoms with Crippen LogP contribution in [-0.4, -0.2) is 10.7 Å². The van der Waals surface area contributed by atoms with Crippen molar-refractivity contribution in [3.63, 3.8) is 0 Å². The quantitative estimate of drug-likeness (QED) is 0.620. The molecular weight excluding hydrogens is 366 g/mol. The van der Waals surface area contributed by atoms with Crippen LogP contribution < -0.4 is 5.32 Å².